The van der Waals surface area contributed by atoms with Crippen LogP contribution in [0.3, 0.4) is 0 Å². The topological polar surface area (TPSA) is 60.8 Å². The lowest BCUT2D eigenvalue weighted by Crippen LogP contribution is -2.38. The Morgan fingerprint density at radius 3 is 2.61 bits per heavy atom. The summed E-state index contributed by atoms with van der Waals surface area (Å²) in [4.78, 5) is 13.5. The second-order valence-corrected chi connectivity index (χ2v) is 5.07. The van der Waals surface area contributed by atoms with Gasteiger partial charge in [0.05, 0.1) is 17.7 Å². The van der Waals surface area contributed by atoms with E-state index < -0.39 is 17.2 Å². The van der Waals surface area contributed by atoms with Crippen molar-refractivity contribution in [3.63, 3.8) is 0 Å². The lowest BCUT2D eigenvalue weighted by atomic mass is 10.1. The van der Waals surface area contributed by atoms with Gasteiger partial charge in [0.1, 0.15) is 11.6 Å². The van der Waals surface area contributed by atoms with Gasteiger partial charge in [0.2, 0.25) is 0 Å². The molecule has 1 aromatic carbocycles. The number of Topliss-reactive ketones (excluding diaryl/α,β-unsaturated/α-hetero) is 1. The molecular formula is C13H18FNO3. The predicted octanol–water partition coefficient (Wildman–Crippen LogP) is 1.42. The Morgan fingerprint density at radius 1 is 1.44 bits per heavy atom. The van der Waals surface area contributed by atoms with Crippen molar-refractivity contribution in [3.8, 4) is 5.75 Å². The highest BCUT2D eigenvalue weighted by Crippen LogP contribution is 2.18. The van der Waals surface area contributed by atoms with Gasteiger partial charge in [-0.15, -0.1) is 0 Å². The maximum atomic E-state index is 13.0. The van der Waals surface area contributed by atoms with Crippen LogP contribution in [0.1, 0.15) is 24.2 Å². The number of ketones is 1. The summed E-state index contributed by atoms with van der Waals surface area (Å²) < 4.78 is 13.0. The molecule has 0 fully saturated rings. The summed E-state index contributed by atoms with van der Waals surface area (Å²) in [5, 5.41) is 19.1. The van der Waals surface area contributed by atoms with Crippen LogP contribution in [-0.4, -0.2) is 46.6 Å². The largest absolute Gasteiger partial charge is 0.507 e. The molecule has 2 N–H and O–H groups in total. The summed E-state index contributed by atoms with van der Waals surface area (Å²) in [5.74, 6) is -1.20. The molecule has 18 heavy (non-hydrogen) atoms. The molecule has 0 saturated carbocycles. The zero-order chi connectivity index (χ0) is 13.9. The SMILES string of the molecule is CN(CC(=O)c1cc(F)ccc1O)CC(C)(C)O. The fraction of sp³-hybridized carbons (Fsp3) is 0.462. The van der Waals surface area contributed by atoms with Gasteiger partial charge in [-0.05, 0) is 39.1 Å². The second kappa shape index (κ2) is 5.46. The number of hydrogen-bond donors (Lipinski definition) is 2. The zero-order valence-corrected chi connectivity index (χ0v) is 10.8. The number of hydrogen-bond acceptors (Lipinski definition) is 4. The fourth-order valence-corrected chi connectivity index (χ4v) is 1.78. The average Bonchev–Trinajstić information content (AvgIpc) is 2.18. The van der Waals surface area contributed by atoms with Crippen LogP contribution in [0.4, 0.5) is 4.39 Å². The molecule has 4 nitrogen and oxygen atoms in total. The van der Waals surface area contributed by atoms with Crippen molar-refractivity contribution >= 4 is 5.78 Å². The van der Waals surface area contributed by atoms with Gasteiger partial charge in [0.15, 0.2) is 5.78 Å². The van der Waals surface area contributed by atoms with Gasteiger partial charge in [-0.25, -0.2) is 4.39 Å². The van der Waals surface area contributed by atoms with Crippen molar-refractivity contribution < 1.29 is 19.4 Å². The fourth-order valence-electron chi connectivity index (χ4n) is 1.78. The number of phenols is 1. The molecule has 0 unspecified atom stereocenters. The third kappa shape index (κ3) is 4.43. The first-order valence-electron chi connectivity index (χ1n) is 5.62. The van der Waals surface area contributed by atoms with Crippen LogP contribution in [0.15, 0.2) is 18.2 Å². The van der Waals surface area contributed by atoms with Crippen molar-refractivity contribution in [1.82, 2.24) is 4.90 Å². The van der Waals surface area contributed by atoms with Gasteiger partial charge in [0.25, 0.3) is 0 Å². The molecule has 0 heterocycles. The first-order valence-corrected chi connectivity index (χ1v) is 5.62. The standard InChI is InChI=1S/C13H18FNO3/c1-13(2,18)8-15(3)7-12(17)10-6-9(14)4-5-11(10)16/h4-6,16,18H,7-8H2,1-3H3. The first-order chi connectivity index (χ1) is 8.19. The quantitative estimate of drug-likeness (QED) is 0.781. The maximum absolute atomic E-state index is 13.0. The molecule has 0 aliphatic rings. The summed E-state index contributed by atoms with van der Waals surface area (Å²) in [5.41, 5.74) is -0.962. The van der Waals surface area contributed by atoms with E-state index in [1.54, 1.807) is 25.8 Å². The van der Waals surface area contributed by atoms with E-state index in [-0.39, 0.29) is 17.9 Å². The first kappa shape index (κ1) is 14.6. The van der Waals surface area contributed by atoms with Crippen molar-refractivity contribution in [2.75, 3.05) is 20.1 Å². The van der Waals surface area contributed by atoms with E-state index in [0.29, 0.717) is 6.54 Å². The molecule has 100 valence electrons. The number of nitrogens with zero attached hydrogens (tertiary/aromatic N) is 1. The van der Waals surface area contributed by atoms with E-state index in [0.717, 1.165) is 18.2 Å². The number of aromatic hydroxyl groups is 1. The van der Waals surface area contributed by atoms with E-state index >= 15 is 0 Å². The molecule has 0 atom stereocenters. The lowest BCUT2D eigenvalue weighted by Gasteiger charge is -2.24. The number of rotatable bonds is 5. The van der Waals surface area contributed by atoms with E-state index in [1.165, 1.54) is 0 Å². The molecule has 0 saturated heterocycles. The summed E-state index contributed by atoms with van der Waals surface area (Å²) >= 11 is 0. The van der Waals surface area contributed by atoms with Crippen molar-refractivity contribution in [2.45, 2.75) is 19.4 Å². The summed E-state index contributed by atoms with van der Waals surface area (Å²) in [6.07, 6.45) is 0. The van der Waals surface area contributed by atoms with Crippen LogP contribution >= 0.6 is 0 Å². The van der Waals surface area contributed by atoms with E-state index in [9.17, 15) is 19.4 Å². The highest BCUT2D eigenvalue weighted by atomic mass is 19.1. The molecule has 0 radical (unpaired) electrons. The molecule has 0 bridgehead atoms. The van der Waals surface area contributed by atoms with Crippen molar-refractivity contribution in [1.29, 1.82) is 0 Å². The van der Waals surface area contributed by atoms with Crippen molar-refractivity contribution in [3.05, 3.63) is 29.6 Å². The number of benzene rings is 1. The van der Waals surface area contributed by atoms with Gasteiger partial charge in [-0.1, -0.05) is 0 Å². The van der Waals surface area contributed by atoms with Crippen LogP contribution in [0.25, 0.3) is 0 Å². The molecular weight excluding hydrogens is 237 g/mol. The van der Waals surface area contributed by atoms with Crippen LogP contribution < -0.4 is 0 Å². The van der Waals surface area contributed by atoms with Gasteiger partial charge in [-0.3, -0.25) is 9.69 Å². The Kier molecular flexibility index (Phi) is 4.43. The molecule has 0 aliphatic carbocycles. The minimum atomic E-state index is -0.918. The van der Waals surface area contributed by atoms with Crippen LogP contribution in [0, 0.1) is 5.82 Å². The van der Waals surface area contributed by atoms with Gasteiger partial charge >= 0.3 is 0 Å². The summed E-state index contributed by atoms with van der Waals surface area (Å²) in [6, 6.07) is 3.25. The molecule has 1 rings (SSSR count). The normalized spacial score (nSPS) is 11.9. The number of halogens is 1. The number of carbonyl (C=O) groups excluding carboxylic acids is 1. The number of aliphatic hydroxyl groups is 1. The highest BCUT2D eigenvalue weighted by molar-refractivity contribution is 5.99. The van der Waals surface area contributed by atoms with Crippen LogP contribution in [0.5, 0.6) is 5.75 Å². The highest BCUT2D eigenvalue weighted by Gasteiger charge is 2.19. The minimum Gasteiger partial charge on any atom is -0.507 e. The third-order valence-corrected chi connectivity index (χ3v) is 2.33. The predicted molar refractivity (Wildman–Crippen MR) is 66.2 cm³/mol. The molecule has 0 aliphatic heterocycles. The lowest BCUT2D eigenvalue weighted by molar-refractivity contribution is 0.0439. The molecule has 0 spiro atoms. The van der Waals surface area contributed by atoms with Gasteiger partial charge in [0, 0.05) is 6.54 Å². The summed E-state index contributed by atoms with van der Waals surface area (Å²) in [6.45, 7) is 3.57. The van der Waals surface area contributed by atoms with Crippen molar-refractivity contribution in [2.24, 2.45) is 0 Å². The third-order valence-electron chi connectivity index (χ3n) is 2.33. The average molecular weight is 255 g/mol. The smallest absolute Gasteiger partial charge is 0.180 e. The van der Waals surface area contributed by atoms with Crippen LogP contribution in [-0.2, 0) is 0 Å². The molecule has 0 amide bonds. The van der Waals surface area contributed by atoms with E-state index in [1.807, 2.05) is 0 Å². The Morgan fingerprint density at radius 2 is 2.06 bits per heavy atom. The molecule has 1 aromatic rings. The van der Waals surface area contributed by atoms with Gasteiger partial charge < -0.3 is 10.2 Å². The Balaban J connectivity index is 2.74. The Bertz CT molecular complexity index is 440. The molecule has 0 aromatic heterocycles. The maximum Gasteiger partial charge on any atom is 0.180 e. The minimum absolute atomic E-state index is 0.000995. The summed E-state index contributed by atoms with van der Waals surface area (Å²) in [7, 11) is 1.67. The monoisotopic (exact) mass is 255 g/mol. The number of carbonyl (C=O) groups is 1. The van der Waals surface area contributed by atoms with E-state index in [2.05, 4.69) is 0 Å². The zero-order valence-electron chi connectivity index (χ0n) is 10.8. The van der Waals surface area contributed by atoms with E-state index in [4.69, 9.17) is 0 Å². The Labute approximate surface area is 106 Å². The molecule has 5 heteroatoms. The van der Waals surface area contributed by atoms with Crippen LogP contribution in [0.2, 0.25) is 0 Å². The second-order valence-electron chi connectivity index (χ2n) is 5.07. The van der Waals surface area contributed by atoms with Gasteiger partial charge in [-0.2, -0.15) is 0 Å². The number of phenolic OH excluding ortho intramolecular Hbond substituents is 1. The Hall–Kier alpha value is -1.46. The number of likely N-dealkylation sites (N-methyl/N-ethyl adjacent to an activating group) is 1.